The molecular formula is C13H24N4. The molecule has 0 spiro atoms. The first-order valence-corrected chi connectivity index (χ1v) is 6.60. The van der Waals surface area contributed by atoms with Gasteiger partial charge in [-0.15, -0.1) is 5.10 Å². The van der Waals surface area contributed by atoms with E-state index in [9.17, 15) is 0 Å². The number of rotatable bonds is 3. The highest BCUT2D eigenvalue weighted by atomic mass is 15.4. The Morgan fingerprint density at radius 1 is 1.41 bits per heavy atom. The number of nitrogens with zero attached hydrogens (tertiary/aromatic N) is 3. The van der Waals surface area contributed by atoms with Crippen molar-refractivity contribution in [1.82, 2.24) is 20.3 Å². The molecule has 0 amide bonds. The summed E-state index contributed by atoms with van der Waals surface area (Å²) in [4.78, 5) is 0. The van der Waals surface area contributed by atoms with Gasteiger partial charge in [0.05, 0.1) is 17.4 Å². The minimum atomic E-state index is 0.0210. The van der Waals surface area contributed by atoms with E-state index in [-0.39, 0.29) is 5.54 Å². The summed E-state index contributed by atoms with van der Waals surface area (Å²) in [6.45, 7) is 9.58. The van der Waals surface area contributed by atoms with E-state index in [0.717, 1.165) is 18.2 Å². The maximum atomic E-state index is 4.21. The van der Waals surface area contributed by atoms with Gasteiger partial charge in [0.15, 0.2) is 0 Å². The topological polar surface area (TPSA) is 42.7 Å². The van der Waals surface area contributed by atoms with Gasteiger partial charge < -0.3 is 5.32 Å². The van der Waals surface area contributed by atoms with Crippen molar-refractivity contribution < 1.29 is 0 Å². The molecule has 1 aliphatic carbocycles. The third-order valence-corrected chi connectivity index (χ3v) is 3.49. The zero-order chi connectivity index (χ0) is 12.5. The van der Waals surface area contributed by atoms with Gasteiger partial charge in [0.25, 0.3) is 0 Å². The molecule has 1 aliphatic rings. The standard InChI is InChI=1S/C13H24N4/c1-10-5-6-11(7-10)14-8-12-9-17(16-15-12)13(2,3)4/h9-11,14H,5-8H2,1-4H3. The lowest BCUT2D eigenvalue weighted by Gasteiger charge is -2.17. The molecule has 0 bridgehead atoms. The van der Waals surface area contributed by atoms with Crippen LogP contribution in [0.1, 0.15) is 52.7 Å². The highest BCUT2D eigenvalue weighted by Crippen LogP contribution is 2.24. The second-order valence-electron chi connectivity index (χ2n) is 6.32. The molecule has 4 heteroatoms. The summed E-state index contributed by atoms with van der Waals surface area (Å²) in [6.07, 6.45) is 6.00. The molecule has 2 atom stereocenters. The van der Waals surface area contributed by atoms with Gasteiger partial charge in [-0.25, -0.2) is 4.68 Å². The number of hydrogen-bond acceptors (Lipinski definition) is 3. The molecule has 17 heavy (non-hydrogen) atoms. The summed E-state index contributed by atoms with van der Waals surface area (Å²) in [5.41, 5.74) is 1.06. The van der Waals surface area contributed by atoms with E-state index in [4.69, 9.17) is 0 Å². The lowest BCUT2D eigenvalue weighted by molar-refractivity contribution is 0.347. The van der Waals surface area contributed by atoms with Gasteiger partial charge in [0.2, 0.25) is 0 Å². The Balaban J connectivity index is 1.85. The Labute approximate surface area is 104 Å². The highest BCUT2D eigenvalue weighted by Gasteiger charge is 2.21. The first-order valence-electron chi connectivity index (χ1n) is 6.60. The fourth-order valence-electron chi connectivity index (χ4n) is 2.35. The molecular weight excluding hydrogens is 212 g/mol. The van der Waals surface area contributed by atoms with Crippen LogP contribution in [0.15, 0.2) is 6.20 Å². The van der Waals surface area contributed by atoms with Crippen LogP contribution >= 0.6 is 0 Å². The van der Waals surface area contributed by atoms with E-state index < -0.39 is 0 Å². The van der Waals surface area contributed by atoms with Gasteiger partial charge in [-0.3, -0.25) is 0 Å². The molecule has 0 aliphatic heterocycles. The van der Waals surface area contributed by atoms with Gasteiger partial charge in [0, 0.05) is 12.6 Å². The smallest absolute Gasteiger partial charge is 0.0965 e. The molecule has 0 saturated heterocycles. The van der Waals surface area contributed by atoms with Crippen LogP contribution in [-0.4, -0.2) is 21.0 Å². The van der Waals surface area contributed by atoms with Crippen molar-refractivity contribution in [1.29, 1.82) is 0 Å². The Bertz CT molecular complexity index is 364. The number of nitrogens with one attached hydrogen (secondary N) is 1. The van der Waals surface area contributed by atoms with Crippen molar-refractivity contribution in [2.24, 2.45) is 5.92 Å². The van der Waals surface area contributed by atoms with Gasteiger partial charge in [-0.05, 0) is 46.0 Å². The number of hydrogen-bond donors (Lipinski definition) is 1. The van der Waals surface area contributed by atoms with Gasteiger partial charge in [-0.2, -0.15) is 0 Å². The minimum Gasteiger partial charge on any atom is -0.308 e. The van der Waals surface area contributed by atoms with E-state index in [1.54, 1.807) is 0 Å². The third kappa shape index (κ3) is 3.28. The van der Waals surface area contributed by atoms with E-state index in [1.807, 2.05) is 10.9 Å². The molecule has 0 aromatic carbocycles. The molecule has 1 aromatic heterocycles. The molecule has 4 nitrogen and oxygen atoms in total. The summed E-state index contributed by atoms with van der Waals surface area (Å²) in [7, 11) is 0. The predicted molar refractivity (Wildman–Crippen MR) is 68.7 cm³/mol. The van der Waals surface area contributed by atoms with Crippen molar-refractivity contribution in [2.45, 2.75) is 65.1 Å². The van der Waals surface area contributed by atoms with Crippen molar-refractivity contribution in [3.63, 3.8) is 0 Å². The second kappa shape index (κ2) is 4.77. The van der Waals surface area contributed by atoms with Crippen LogP contribution < -0.4 is 5.32 Å². The van der Waals surface area contributed by atoms with E-state index in [2.05, 4.69) is 43.3 Å². The van der Waals surface area contributed by atoms with Crippen LogP contribution in [0.25, 0.3) is 0 Å². The molecule has 2 rings (SSSR count). The van der Waals surface area contributed by atoms with Crippen LogP contribution in [0, 0.1) is 5.92 Å². The van der Waals surface area contributed by atoms with Gasteiger partial charge in [-0.1, -0.05) is 12.1 Å². The van der Waals surface area contributed by atoms with Crippen LogP contribution in [0.2, 0.25) is 0 Å². The normalized spacial score (nSPS) is 25.4. The van der Waals surface area contributed by atoms with Crippen LogP contribution in [0.5, 0.6) is 0 Å². The van der Waals surface area contributed by atoms with Crippen LogP contribution in [0.3, 0.4) is 0 Å². The SMILES string of the molecule is CC1CCC(NCc2cn(C(C)(C)C)nn2)C1. The first-order chi connectivity index (χ1) is 7.95. The van der Waals surface area contributed by atoms with E-state index in [0.29, 0.717) is 6.04 Å². The maximum absolute atomic E-state index is 4.21. The van der Waals surface area contributed by atoms with Crippen LogP contribution in [-0.2, 0) is 12.1 Å². The molecule has 1 heterocycles. The lowest BCUT2D eigenvalue weighted by Crippen LogP contribution is -2.26. The fraction of sp³-hybridized carbons (Fsp3) is 0.846. The Kier molecular flexibility index (Phi) is 3.52. The Morgan fingerprint density at radius 2 is 2.18 bits per heavy atom. The molecule has 0 radical (unpaired) electrons. The van der Waals surface area contributed by atoms with Crippen molar-refractivity contribution in [2.75, 3.05) is 0 Å². The van der Waals surface area contributed by atoms with Crippen molar-refractivity contribution in [3.05, 3.63) is 11.9 Å². The quantitative estimate of drug-likeness (QED) is 0.875. The second-order valence-corrected chi connectivity index (χ2v) is 6.32. The molecule has 1 saturated carbocycles. The monoisotopic (exact) mass is 236 g/mol. The minimum absolute atomic E-state index is 0.0210. The van der Waals surface area contributed by atoms with Gasteiger partial charge in [0.1, 0.15) is 0 Å². The zero-order valence-corrected chi connectivity index (χ0v) is 11.4. The molecule has 1 aromatic rings. The van der Waals surface area contributed by atoms with E-state index >= 15 is 0 Å². The largest absolute Gasteiger partial charge is 0.308 e. The molecule has 1 N–H and O–H groups in total. The highest BCUT2D eigenvalue weighted by molar-refractivity contribution is 4.95. The lowest BCUT2D eigenvalue weighted by atomic mass is 10.1. The average molecular weight is 236 g/mol. The van der Waals surface area contributed by atoms with Crippen LogP contribution in [0.4, 0.5) is 0 Å². The summed E-state index contributed by atoms with van der Waals surface area (Å²) in [5.74, 6) is 0.873. The van der Waals surface area contributed by atoms with Crippen molar-refractivity contribution >= 4 is 0 Å². The van der Waals surface area contributed by atoms with Crippen molar-refractivity contribution in [3.8, 4) is 0 Å². The van der Waals surface area contributed by atoms with E-state index in [1.165, 1.54) is 19.3 Å². The molecule has 2 unspecified atom stereocenters. The zero-order valence-electron chi connectivity index (χ0n) is 11.4. The summed E-state index contributed by atoms with van der Waals surface area (Å²) in [5, 5.41) is 12.0. The maximum Gasteiger partial charge on any atom is 0.0965 e. The summed E-state index contributed by atoms with van der Waals surface area (Å²) in [6, 6.07) is 0.671. The molecule has 96 valence electrons. The molecule has 1 fully saturated rings. The Morgan fingerprint density at radius 3 is 2.71 bits per heavy atom. The fourth-order valence-corrected chi connectivity index (χ4v) is 2.35. The Hall–Kier alpha value is -0.900. The number of aromatic nitrogens is 3. The third-order valence-electron chi connectivity index (χ3n) is 3.49. The first kappa shape index (κ1) is 12.6. The average Bonchev–Trinajstić information content (AvgIpc) is 2.82. The summed E-state index contributed by atoms with van der Waals surface area (Å²) >= 11 is 0. The predicted octanol–water partition coefficient (Wildman–Crippen LogP) is 2.31. The van der Waals surface area contributed by atoms with Gasteiger partial charge >= 0.3 is 0 Å². The summed E-state index contributed by atoms with van der Waals surface area (Å²) < 4.78 is 1.93.